The van der Waals surface area contributed by atoms with E-state index in [0.717, 1.165) is 30.2 Å². The van der Waals surface area contributed by atoms with E-state index in [2.05, 4.69) is 19.9 Å². The zero-order valence-corrected chi connectivity index (χ0v) is 10.3. The number of benzene rings is 1. The summed E-state index contributed by atoms with van der Waals surface area (Å²) >= 11 is 6.12. The molecular formula is C13H19ClO. The van der Waals surface area contributed by atoms with Gasteiger partial charge in [-0.05, 0) is 37.0 Å². The summed E-state index contributed by atoms with van der Waals surface area (Å²) in [6.07, 6.45) is 4.54. The average Bonchev–Trinajstić information content (AvgIpc) is 2.25. The van der Waals surface area contributed by atoms with Crippen molar-refractivity contribution in [3.05, 3.63) is 28.8 Å². The van der Waals surface area contributed by atoms with E-state index in [4.69, 9.17) is 16.3 Å². The lowest BCUT2D eigenvalue weighted by Crippen LogP contribution is -1.96. The summed E-state index contributed by atoms with van der Waals surface area (Å²) in [6, 6.07) is 6.09. The lowest BCUT2D eigenvalue weighted by molar-refractivity contribution is 0.317. The van der Waals surface area contributed by atoms with Crippen LogP contribution in [0.15, 0.2) is 18.2 Å². The van der Waals surface area contributed by atoms with Crippen LogP contribution < -0.4 is 4.74 Å². The topological polar surface area (TPSA) is 9.23 Å². The summed E-state index contributed by atoms with van der Waals surface area (Å²) in [6.45, 7) is 5.01. The fourth-order valence-electron chi connectivity index (χ4n) is 1.41. The van der Waals surface area contributed by atoms with Gasteiger partial charge in [-0.1, -0.05) is 37.9 Å². The molecule has 0 aromatic heterocycles. The van der Waals surface area contributed by atoms with Gasteiger partial charge in [0.25, 0.3) is 0 Å². The summed E-state index contributed by atoms with van der Waals surface area (Å²) in [5.74, 6) is 0.804. The number of halogens is 1. The predicted octanol–water partition coefficient (Wildman–Crippen LogP) is 4.47. The minimum atomic E-state index is 0.730. The summed E-state index contributed by atoms with van der Waals surface area (Å²) in [7, 11) is 0. The maximum atomic E-state index is 6.12. The Balaban J connectivity index is 2.61. The Labute approximate surface area is 97.4 Å². The largest absolute Gasteiger partial charge is 0.492 e. The molecule has 84 valence electrons. The van der Waals surface area contributed by atoms with E-state index < -0.39 is 0 Å². The molecule has 0 saturated carbocycles. The molecule has 1 rings (SSSR count). The minimum Gasteiger partial charge on any atom is -0.492 e. The third-order valence-corrected chi connectivity index (χ3v) is 2.57. The predicted molar refractivity (Wildman–Crippen MR) is 65.9 cm³/mol. The molecule has 0 unspecified atom stereocenters. The van der Waals surface area contributed by atoms with Crippen molar-refractivity contribution in [1.29, 1.82) is 0 Å². The SMILES string of the molecule is CCCCc1ccc(OCCC)c(Cl)c1. The van der Waals surface area contributed by atoms with Crippen LogP contribution in [0.1, 0.15) is 38.7 Å². The molecule has 0 atom stereocenters. The summed E-state index contributed by atoms with van der Waals surface area (Å²) in [4.78, 5) is 0. The zero-order chi connectivity index (χ0) is 11.1. The second-order valence-corrected chi connectivity index (χ2v) is 4.12. The standard InChI is InChI=1S/C13H19ClO/c1-3-5-6-11-7-8-13(12(14)10-11)15-9-4-2/h7-8,10H,3-6,9H2,1-2H3. The number of aryl methyl sites for hydroxylation is 1. The molecule has 0 spiro atoms. The Bertz CT molecular complexity index is 297. The molecule has 1 nitrogen and oxygen atoms in total. The van der Waals surface area contributed by atoms with Gasteiger partial charge in [0.15, 0.2) is 0 Å². The van der Waals surface area contributed by atoms with Gasteiger partial charge in [0.1, 0.15) is 5.75 Å². The number of unbranched alkanes of at least 4 members (excludes halogenated alkanes) is 1. The first-order valence-corrected chi connectivity index (χ1v) is 6.07. The Kier molecular flexibility index (Phi) is 5.56. The highest BCUT2D eigenvalue weighted by molar-refractivity contribution is 6.32. The van der Waals surface area contributed by atoms with Gasteiger partial charge >= 0.3 is 0 Å². The Morgan fingerprint density at radius 2 is 2.00 bits per heavy atom. The van der Waals surface area contributed by atoms with Gasteiger partial charge in [-0.25, -0.2) is 0 Å². The van der Waals surface area contributed by atoms with Crippen molar-refractivity contribution in [2.45, 2.75) is 39.5 Å². The molecule has 0 fully saturated rings. The Morgan fingerprint density at radius 3 is 2.60 bits per heavy atom. The van der Waals surface area contributed by atoms with Crippen LogP contribution in [0, 0.1) is 0 Å². The van der Waals surface area contributed by atoms with Crippen LogP contribution in [-0.2, 0) is 6.42 Å². The van der Waals surface area contributed by atoms with E-state index in [1.165, 1.54) is 18.4 Å². The van der Waals surface area contributed by atoms with Crippen molar-refractivity contribution in [3.8, 4) is 5.75 Å². The molecular weight excluding hydrogens is 208 g/mol. The molecule has 0 amide bonds. The first-order chi connectivity index (χ1) is 7.27. The van der Waals surface area contributed by atoms with Crippen LogP contribution in [0.5, 0.6) is 5.75 Å². The quantitative estimate of drug-likeness (QED) is 0.696. The number of ether oxygens (including phenoxy) is 1. The Hall–Kier alpha value is -0.690. The van der Waals surface area contributed by atoms with Crippen LogP contribution >= 0.6 is 11.6 Å². The second-order valence-electron chi connectivity index (χ2n) is 3.72. The maximum Gasteiger partial charge on any atom is 0.137 e. The van der Waals surface area contributed by atoms with E-state index in [9.17, 15) is 0 Å². The van der Waals surface area contributed by atoms with Crippen LogP contribution in [-0.4, -0.2) is 6.61 Å². The van der Waals surface area contributed by atoms with E-state index in [1.807, 2.05) is 12.1 Å². The Morgan fingerprint density at radius 1 is 1.20 bits per heavy atom. The van der Waals surface area contributed by atoms with Gasteiger partial charge in [0.05, 0.1) is 11.6 Å². The minimum absolute atomic E-state index is 0.730. The van der Waals surface area contributed by atoms with Crippen LogP contribution in [0.4, 0.5) is 0 Å². The maximum absolute atomic E-state index is 6.12. The van der Waals surface area contributed by atoms with Crippen LogP contribution in [0.3, 0.4) is 0 Å². The molecule has 15 heavy (non-hydrogen) atoms. The molecule has 0 aliphatic rings. The van der Waals surface area contributed by atoms with E-state index >= 15 is 0 Å². The number of rotatable bonds is 6. The van der Waals surface area contributed by atoms with Gasteiger partial charge in [-0.3, -0.25) is 0 Å². The molecule has 0 aliphatic heterocycles. The van der Waals surface area contributed by atoms with Crippen molar-refractivity contribution >= 4 is 11.6 Å². The molecule has 0 aliphatic carbocycles. The molecule has 0 N–H and O–H groups in total. The smallest absolute Gasteiger partial charge is 0.137 e. The van der Waals surface area contributed by atoms with Gasteiger partial charge in [-0.2, -0.15) is 0 Å². The van der Waals surface area contributed by atoms with Crippen molar-refractivity contribution in [2.75, 3.05) is 6.61 Å². The molecule has 1 aromatic rings. The van der Waals surface area contributed by atoms with Gasteiger partial charge in [-0.15, -0.1) is 0 Å². The van der Waals surface area contributed by atoms with Crippen molar-refractivity contribution in [2.24, 2.45) is 0 Å². The third-order valence-electron chi connectivity index (χ3n) is 2.28. The number of hydrogen-bond acceptors (Lipinski definition) is 1. The average molecular weight is 227 g/mol. The first-order valence-electron chi connectivity index (χ1n) is 5.69. The first kappa shape index (κ1) is 12.4. The molecule has 1 aromatic carbocycles. The molecule has 0 heterocycles. The van der Waals surface area contributed by atoms with Crippen molar-refractivity contribution < 1.29 is 4.74 Å². The van der Waals surface area contributed by atoms with Gasteiger partial charge in [0.2, 0.25) is 0 Å². The van der Waals surface area contributed by atoms with Gasteiger partial charge in [0, 0.05) is 0 Å². The number of hydrogen-bond donors (Lipinski definition) is 0. The summed E-state index contributed by atoms with van der Waals surface area (Å²) < 4.78 is 5.51. The monoisotopic (exact) mass is 226 g/mol. The molecule has 0 bridgehead atoms. The molecule has 0 saturated heterocycles. The summed E-state index contributed by atoms with van der Waals surface area (Å²) in [5.41, 5.74) is 1.30. The fraction of sp³-hybridized carbons (Fsp3) is 0.538. The van der Waals surface area contributed by atoms with Crippen molar-refractivity contribution in [3.63, 3.8) is 0 Å². The van der Waals surface area contributed by atoms with Crippen LogP contribution in [0.2, 0.25) is 5.02 Å². The lowest BCUT2D eigenvalue weighted by atomic mass is 10.1. The lowest BCUT2D eigenvalue weighted by Gasteiger charge is -2.08. The van der Waals surface area contributed by atoms with E-state index in [0.29, 0.717) is 0 Å². The van der Waals surface area contributed by atoms with Crippen molar-refractivity contribution in [1.82, 2.24) is 0 Å². The third kappa shape index (κ3) is 4.13. The highest BCUT2D eigenvalue weighted by atomic mass is 35.5. The van der Waals surface area contributed by atoms with Gasteiger partial charge < -0.3 is 4.74 Å². The van der Waals surface area contributed by atoms with Crippen LogP contribution in [0.25, 0.3) is 0 Å². The summed E-state index contributed by atoms with van der Waals surface area (Å²) in [5, 5.41) is 0.733. The van der Waals surface area contributed by atoms with E-state index in [-0.39, 0.29) is 0 Å². The normalized spacial score (nSPS) is 10.3. The highest BCUT2D eigenvalue weighted by Crippen LogP contribution is 2.26. The molecule has 2 heteroatoms. The zero-order valence-electron chi connectivity index (χ0n) is 9.55. The fourth-order valence-corrected chi connectivity index (χ4v) is 1.67. The molecule has 0 radical (unpaired) electrons. The van der Waals surface area contributed by atoms with E-state index in [1.54, 1.807) is 0 Å². The highest BCUT2D eigenvalue weighted by Gasteiger charge is 2.02. The second kappa shape index (κ2) is 6.73.